The number of halogens is 3. The molecule has 32 heavy (non-hydrogen) atoms. The number of piperidine rings is 2. The van der Waals surface area contributed by atoms with E-state index >= 15 is 0 Å². The van der Waals surface area contributed by atoms with Gasteiger partial charge in [0.25, 0.3) is 0 Å². The summed E-state index contributed by atoms with van der Waals surface area (Å²) in [5.74, 6) is 0.783. The fourth-order valence-electron chi connectivity index (χ4n) is 5.26. The van der Waals surface area contributed by atoms with Gasteiger partial charge < -0.3 is 14.7 Å². The molecule has 0 bridgehead atoms. The van der Waals surface area contributed by atoms with Crippen molar-refractivity contribution in [2.45, 2.75) is 50.5 Å². The molecule has 3 aliphatic heterocycles. The summed E-state index contributed by atoms with van der Waals surface area (Å²) >= 11 is 12.3. The number of aromatic nitrogens is 3. The van der Waals surface area contributed by atoms with Gasteiger partial charge in [-0.3, -0.25) is 4.79 Å². The smallest absolute Gasteiger partial charge is 0.247 e. The van der Waals surface area contributed by atoms with Crippen LogP contribution in [0.25, 0.3) is 0 Å². The van der Waals surface area contributed by atoms with Crippen molar-refractivity contribution in [2.24, 2.45) is 0 Å². The van der Waals surface area contributed by atoms with E-state index in [2.05, 4.69) is 20.0 Å². The van der Waals surface area contributed by atoms with Crippen molar-refractivity contribution in [3.05, 3.63) is 34.2 Å². The number of anilines is 3. The fourth-order valence-corrected chi connectivity index (χ4v) is 5.57. The summed E-state index contributed by atoms with van der Waals surface area (Å²) in [4.78, 5) is 23.8. The van der Waals surface area contributed by atoms with Gasteiger partial charge in [0.1, 0.15) is 5.82 Å². The average molecular weight is 479 g/mol. The van der Waals surface area contributed by atoms with Gasteiger partial charge >= 0.3 is 0 Å². The van der Waals surface area contributed by atoms with E-state index < -0.39 is 5.82 Å². The number of amides is 1. The van der Waals surface area contributed by atoms with Crippen LogP contribution in [0.4, 0.5) is 21.8 Å². The van der Waals surface area contributed by atoms with Crippen LogP contribution in [0.3, 0.4) is 0 Å². The van der Waals surface area contributed by atoms with Gasteiger partial charge in [0.15, 0.2) is 11.0 Å². The maximum Gasteiger partial charge on any atom is 0.247 e. The molecular weight excluding hydrogens is 454 g/mol. The summed E-state index contributed by atoms with van der Waals surface area (Å²) in [5.41, 5.74) is 0.222. The Morgan fingerprint density at radius 3 is 2.41 bits per heavy atom. The largest absolute Gasteiger partial charge is 0.354 e. The van der Waals surface area contributed by atoms with Crippen LogP contribution in [-0.4, -0.2) is 52.8 Å². The zero-order valence-corrected chi connectivity index (χ0v) is 19.2. The third kappa shape index (κ3) is 3.88. The number of nitrogens with zero attached hydrogens (tertiary/aromatic N) is 6. The van der Waals surface area contributed by atoms with E-state index in [9.17, 15) is 9.18 Å². The van der Waals surface area contributed by atoms with Gasteiger partial charge in [-0.05, 0) is 56.7 Å². The molecule has 0 unspecified atom stereocenters. The van der Waals surface area contributed by atoms with Crippen molar-refractivity contribution in [3.8, 4) is 0 Å². The molecule has 1 aromatic heterocycles. The van der Waals surface area contributed by atoms with Gasteiger partial charge in [0.05, 0.1) is 10.6 Å². The van der Waals surface area contributed by atoms with Crippen LogP contribution in [0.15, 0.2) is 18.2 Å². The normalized spacial score (nSPS) is 21.0. The van der Waals surface area contributed by atoms with Gasteiger partial charge in [0, 0.05) is 38.3 Å². The highest BCUT2D eigenvalue weighted by molar-refractivity contribution is 6.31. The molecule has 7 nitrogen and oxygen atoms in total. The van der Waals surface area contributed by atoms with Gasteiger partial charge in [-0.25, -0.2) is 4.39 Å². The van der Waals surface area contributed by atoms with Crippen LogP contribution in [0, 0.1) is 5.82 Å². The summed E-state index contributed by atoms with van der Waals surface area (Å²) in [7, 11) is 0. The van der Waals surface area contributed by atoms with Crippen molar-refractivity contribution in [3.63, 3.8) is 0 Å². The average Bonchev–Trinajstić information content (AvgIpc) is 3.32. The monoisotopic (exact) mass is 478 g/mol. The standard InChI is InChI=1S/C22H25Cl2FN6O/c23-16-6-5-15(14-17(16)25)31-18(32)4-3-7-22(31)8-12-29(13-9-22)20-19(24)27-28-21(26-20)30-10-1-2-11-30/h5-6,14H,1-4,7-13H2. The maximum atomic E-state index is 14.2. The first-order valence-electron chi connectivity index (χ1n) is 11.2. The third-order valence-electron chi connectivity index (χ3n) is 6.92. The van der Waals surface area contributed by atoms with Crippen molar-refractivity contribution < 1.29 is 9.18 Å². The lowest BCUT2D eigenvalue weighted by Gasteiger charge is -2.51. The number of benzene rings is 1. The van der Waals surface area contributed by atoms with E-state index in [-0.39, 0.29) is 16.5 Å². The van der Waals surface area contributed by atoms with Crippen LogP contribution >= 0.6 is 23.2 Å². The Balaban J connectivity index is 1.39. The van der Waals surface area contributed by atoms with E-state index in [1.165, 1.54) is 12.1 Å². The number of carbonyl (C=O) groups excluding carboxylic acids is 1. The van der Waals surface area contributed by atoms with Crippen LogP contribution in [0.1, 0.15) is 44.9 Å². The highest BCUT2D eigenvalue weighted by atomic mass is 35.5. The van der Waals surface area contributed by atoms with Crippen molar-refractivity contribution in [2.75, 3.05) is 40.9 Å². The molecule has 0 aliphatic carbocycles. The van der Waals surface area contributed by atoms with E-state index in [0.717, 1.165) is 51.6 Å². The second-order valence-electron chi connectivity index (χ2n) is 8.81. The highest BCUT2D eigenvalue weighted by Gasteiger charge is 2.45. The first-order valence-corrected chi connectivity index (χ1v) is 11.9. The third-order valence-corrected chi connectivity index (χ3v) is 7.47. The Labute approximate surface area is 196 Å². The second kappa shape index (κ2) is 8.63. The minimum Gasteiger partial charge on any atom is -0.354 e. The van der Waals surface area contributed by atoms with E-state index in [4.69, 9.17) is 28.2 Å². The predicted octanol–water partition coefficient (Wildman–Crippen LogP) is 4.47. The molecule has 2 aromatic rings. The quantitative estimate of drug-likeness (QED) is 0.647. The minimum atomic E-state index is -0.511. The molecule has 5 rings (SSSR count). The van der Waals surface area contributed by atoms with E-state index in [0.29, 0.717) is 42.1 Å². The number of rotatable bonds is 3. The number of carbonyl (C=O) groups is 1. The first kappa shape index (κ1) is 21.6. The number of hydrogen-bond acceptors (Lipinski definition) is 6. The topological polar surface area (TPSA) is 65.5 Å². The summed E-state index contributed by atoms with van der Waals surface area (Å²) in [5, 5.41) is 8.68. The lowest BCUT2D eigenvalue weighted by Crippen LogP contribution is -2.60. The zero-order valence-electron chi connectivity index (χ0n) is 17.7. The van der Waals surface area contributed by atoms with Crippen LogP contribution < -0.4 is 14.7 Å². The molecule has 0 N–H and O–H groups in total. The lowest BCUT2D eigenvalue weighted by molar-refractivity contribution is -0.121. The predicted molar refractivity (Wildman–Crippen MR) is 123 cm³/mol. The Morgan fingerprint density at radius 2 is 1.69 bits per heavy atom. The summed E-state index contributed by atoms with van der Waals surface area (Å²) in [6, 6.07) is 4.62. The second-order valence-corrected chi connectivity index (χ2v) is 9.58. The van der Waals surface area contributed by atoms with Crippen LogP contribution in [0.2, 0.25) is 10.2 Å². The molecule has 3 aliphatic rings. The summed E-state index contributed by atoms with van der Waals surface area (Å²) in [6.07, 6.45) is 5.92. The zero-order chi connectivity index (χ0) is 22.3. The molecular formula is C22H25Cl2FN6O. The molecule has 170 valence electrons. The molecule has 0 radical (unpaired) electrons. The van der Waals surface area contributed by atoms with Gasteiger partial charge in [-0.15, -0.1) is 10.2 Å². The molecule has 0 atom stereocenters. The van der Waals surface area contributed by atoms with E-state index in [1.807, 2.05) is 4.90 Å². The van der Waals surface area contributed by atoms with Crippen molar-refractivity contribution in [1.29, 1.82) is 0 Å². The molecule has 3 fully saturated rings. The van der Waals surface area contributed by atoms with Gasteiger partial charge in [-0.2, -0.15) is 4.98 Å². The molecule has 1 aromatic carbocycles. The highest BCUT2D eigenvalue weighted by Crippen LogP contribution is 2.42. The Morgan fingerprint density at radius 1 is 0.938 bits per heavy atom. The molecule has 4 heterocycles. The van der Waals surface area contributed by atoms with Crippen molar-refractivity contribution in [1.82, 2.24) is 15.2 Å². The number of hydrogen-bond donors (Lipinski definition) is 0. The SMILES string of the molecule is O=C1CCCC2(CCN(c3nc(N4CCCC4)nnc3Cl)CC2)N1c1ccc(Cl)c(F)c1. The summed E-state index contributed by atoms with van der Waals surface area (Å²) in [6.45, 7) is 3.22. The Hall–Kier alpha value is -2.19. The minimum absolute atomic E-state index is 0.0319. The van der Waals surface area contributed by atoms with Crippen LogP contribution in [0.5, 0.6) is 0 Å². The van der Waals surface area contributed by atoms with Gasteiger partial charge in [0.2, 0.25) is 11.9 Å². The lowest BCUT2D eigenvalue weighted by atomic mass is 9.78. The Bertz CT molecular complexity index is 1020. The fraction of sp³-hybridized carbons (Fsp3) is 0.545. The van der Waals surface area contributed by atoms with Crippen molar-refractivity contribution >= 4 is 46.6 Å². The summed E-state index contributed by atoms with van der Waals surface area (Å²) < 4.78 is 14.2. The Kier molecular flexibility index (Phi) is 5.84. The molecule has 10 heteroatoms. The molecule has 1 amide bonds. The molecule has 0 saturated carbocycles. The molecule has 1 spiro atoms. The first-order chi connectivity index (χ1) is 15.5. The van der Waals surface area contributed by atoms with E-state index in [1.54, 1.807) is 6.07 Å². The maximum absolute atomic E-state index is 14.2. The van der Waals surface area contributed by atoms with Gasteiger partial charge in [-0.1, -0.05) is 23.2 Å². The molecule has 3 saturated heterocycles. The van der Waals surface area contributed by atoms with Crippen LogP contribution in [-0.2, 0) is 4.79 Å².